The Morgan fingerprint density at radius 1 is 0.882 bits per heavy atom. The molecule has 0 N–H and O–H groups in total. The molecule has 0 fully saturated rings. The number of nitrogens with zero attached hydrogens (tertiary/aromatic N) is 1. The summed E-state index contributed by atoms with van der Waals surface area (Å²) in [4.78, 5) is 0. The summed E-state index contributed by atoms with van der Waals surface area (Å²) in [5.74, 6) is -1.05. The fourth-order valence-corrected chi connectivity index (χ4v) is 1.76. The van der Waals surface area contributed by atoms with Crippen molar-refractivity contribution in [3.05, 3.63) is 58.6 Å². The molecule has 17 heavy (non-hydrogen) atoms. The van der Waals surface area contributed by atoms with E-state index in [0.29, 0.717) is 11.1 Å². The molecule has 0 spiro atoms. The fraction of sp³-hybridized carbons (Fsp3) is 0. The Kier molecular flexibility index (Phi) is 3.08. The predicted octanol–water partition coefficient (Wildman–Crippen LogP) is 4.16. The molecule has 2 aromatic carbocycles. The van der Waals surface area contributed by atoms with Gasteiger partial charge in [0, 0.05) is 5.02 Å². The van der Waals surface area contributed by atoms with Crippen molar-refractivity contribution in [2.75, 3.05) is 0 Å². The van der Waals surface area contributed by atoms with Gasteiger partial charge >= 0.3 is 0 Å². The number of halogens is 3. The standard InChI is InChI=1S/C13H6ClF2N/c14-11-3-10(5-13(16)6-11)9-1-8(7-17)2-12(15)4-9/h1-6H. The normalized spacial score (nSPS) is 10.0. The van der Waals surface area contributed by atoms with Crippen LogP contribution in [0.3, 0.4) is 0 Å². The van der Waals surface area contributed by atoms with E-state index in [-0.39, 0.29) is 10.6 Å². The van der Waals surface area contributed by atoms with Crippen molar-refractivity contribution < 1.29 is 8.78 Å². The monoisotopic (exact) mass is 249 g/mol. The Morgan fingerprint density at radius 2 is 1.47 bits per heavy atom. The lowest BCUT2D eigenvalue weighted by molar-refractivity contribution is 0.625. The van der Waals surface area contributed by atoms with E-state index in [1.165, 1.54) is 24.3 Å². The highest BCUT2D eigenvalue weighted by Crippen LogP contribution is 2.25. The van der Waals surface area contributed by atoms with Crippen LogP contribution in [0.1, 0.15) is 5.56 Å². The van der Waals surface area contributed by atoms with Crippen molar-refractivity contribution in [3.8, 4) is 17.2 Å². The van der Waals surface area contributed by atoms with Gasteiger partial charge in [0.25, 0.3) is 0 Å². The molecular weight excluding hydrogens is 244 g/mol. The summed E-state index contributed by atoms with van der Waals surface area (Å²) in [6.07, 6.45) is 0. The molecular formula is C13H6ClF2N. The van der Waals surface area contributed by atoms with Gasteiger partial charge in [0.15, 0.2) is 0 Å². The minimum atomic E-state index is -0.542. The topological polar surface area (TPSA) is 23.8 Å². The number of hydrogen-bond donors (Lipinski definition) is 0. The van der Waals surface area contributed by atoms with Gasteiger partial charge in [0.05, 0.1) is 11.6 Å². The Morgan fingerprint density at radius 3 is 2.06 bits per heavy atom. The number of benzene rings is 2. The molecule has 4 heteroatoms. The highest BCUT2D eigenvalue weighted by atomic mass is 35.5. The zero-order valence-electron chi connectivity index (χ0n) is 8.55. The summed E-state index contributed by atoms with van der Waals surface area (Å²) in [7, 11) is 0. The number of rotatable bonds is 1. The lowest BCUT2D eigenvalue weighted by Gasteiger charge is -2.04. The van der Waals surface area contributed by atoms with Crippen molar-refractivity contribution in [2.45, 2.75) is 0 Å². The van der Waals surface area contributed by atoms with E-state index in [9.17, 15) is 8.78 Å². The minimum Gasteiger partial charge on any atom is -0.207 e. The molecule has 84 valence electrons. The predicted molar refractivity (Wildman–Crippen MR) is 61.5 cm³/mol. The van der Waals surface area contributed by atoms with E-state index in [0.717, 1.165) is 12.1 Å². The van der Waals surface area contributed by atoms with Gasteiger partial charge in [-0.1, -0.05) is 11.6 Å². The first kappa shape index (κ1) is 11.6. The molecule has 0 aromatic heterocycles. The second kappa shape index (κ2) is 4.52. The van der Waals surface area contributed by atoms with Gasteiger partial charge in [-0.2, -0.15) is 5.26 Å². The maximum atomic E-state index is 13.2. The Hall–Kier alpha value is -1.92. The van der Waals surface area contributed by atoms with Crippen LogP contribution < -0.4 is 0 Å². The first-order valence-electron chi connectivity index (χ1n) is 4.75. The summed E-state index contributed by atoms with van der Waals surface area (Å²) in [5.41, 5.74) is 1.04. The molecule has 0 aliphatic carbocycles. The molecule has 0 amide bonds. The lowest BCUT2D eigenvalue weighted by atomic mass is 10.0. The molecule has 2 aromatic rings. The van der Waals surface area contributed by atoms with Crippen molar-refractivity contribution in [1.29, 1.82) is 5.26 Å². The molecule has 2 rings (SSSR count). The summed E-state index contributed by atoms with van der Waals surface area (Å²) in [5, 5.41) is 8.95. The highest BCUT2D eigenvalue weighted by molar-refractivity contribution is 6.30. The van der Waals surface area contributed by atoms with Gasteiger partial charge in [0.1, 0.15) is 11.6 Å². The van der Waals surface area contributed by atoms with E-state index in [2.05, 4.69) is 0 Å². The summed E-state index contributed by atoms with van der Waals surface area (Å²) < 4.78 is 26.4. The van der Waals surface area contributed by atoms with Gasteiger partial charge in [-0.05, 0) is 47.5 Å². The van der Waals surface area contributed by atoms with Crippen LogP contribution >= 0.6 is 11.6 Å². The molecule has 0 aliphatic heterocycles. The fourth-order valence-electron chi connectivity index (χ4n) is 1.54. The van der Waals surface area contributed by atoms with Gasteiger partial charge in [0.2, 0.25) is 0 Å². The van der Waals surface area contributed by atoms with E-state index in [1.807, 2.05) is 6.07 Å². The van der Waals surface area contributed by atoms with Crippen LogP contribution in [0.4, 0.5) is 8.78 Å². The van der Waals surface area contributed by atoms with Crippen LogP contribution in [-0.2, 0) is 0 Å². The zero-order valence-corrected chi connectivity index (χ0v) is 9.30. The SMILES string of the molecule is N#Cc1cc(F)cc(-c2cc(F)cc(Cl)c2)c1. The molecule has 0 atom stereocenters. The van der Waals surface area contributed by atoms with Crippen LogP contribution in [0.5, 0.6) is 0 Å². The lowest BCUT2D eigenvalue weighted by Crippen LogP contribution is -1.85. The van der Waals surface area contributed by atoms with E-state index >= 15 is 0 Å². The van der Waals surface area contributed by atoms with E-state index in [1.54, 1.807) is 0 Å². The molecule has 0 saturated carbocycles. The molecule has 0 heterocycles. The Bertz CT molecular complexity index is 597. The van der Waals surface area contributed by atoms with Crippen LogP contribution in [0, 0.1) is 23.0 Å². The number of hydrogen-bond acceptors (Lipinski definition) is 1. The molecule has 0 unspecified atom stereocenters. The van der Waals surface area contributed by atoms with Crippen molar-refractivity contribution in [3.63, 3.8) is 0 Å². The van der Waals surface area contributed by atoms with Crippen LogP contribution in [0.15, 0.2) is 36.4 Å². The van der Waals surface area contributed by atoms with Gasteiger partial charge < -0.3 is 0 Å². The van der Waals surface area contributed by atoms with Crippen LogP contribution in [0.25, 0.3) is 11.1 Å². The van der Waals surface area contributed by atoms with Gasteiger partial charge in [-0.25, -0.2) is 8.78 Å². The first-order valence-corrected chi connectivity index (χ1v) is 5.13. The van der Waals surface area contributed by atoms with Crippen molar-refractivity contribution >= 4 is 11.6 Å². The van der Waals surface area contributed by atoms with Crippen LogP contribution in [0.2, 0.25) is 5.02 Å². The second-order valence-electron chi connectivity index (χ2n) is 3.50. The maximum Gasteiger partial charge on any atom is 0.125 e. The Labute approximate surface area is 102 Å². The number of nitriles is 1. The largest absolute Gasteiger partial charge is 0.207 e. The molecule has 1 nitrogen and oxygen atoms in total. The third-order valence-corrected chi connectivity index (χ3v) is 2.44. The van der Waals surface area contributed by atoms with E-state index < -0.39 is 11.6 Å². The third-order valence-electron chi connectivity index (χ3n) is 2.22. The molecule has 0 bridgehead atoms. The van der Waals surface area contributed by atoms with Gasteiger partial charge in [-0.3, -0.25) is 0 Å². The molecule has 0 radical (unpaired) electrons. The quantitative estimate of drug-likeness (QED) is 0.745. The molecule has 0 aliphatic rings. The van der Waals surface area contributed by atoms with Crippen LogP contribution in [-0.4, -0.2) is 0 Å². The average Bonchev–Trinajstić information content (AvgIpc) is 2.26. The maximum absolute atomic E-state index is 13.2. The summed E-state index contributed by atoms with van der Waals surface area (Å²) >= 11 is 5.71. The average molecular weight is 250 g/mol. The van der Waals surface area contributed by atoms with E-state index in [4.69, 9.17) is 16.9 Å². The van der Waals surface area contributed by atoms with Gasteiger partial charge in [-0.15, -0.1) is 0 Å². The Balaban J connectivity index is 2.60. The first-order chi connectivity index (χ1) is 8.08. The zero-order chi connectivity index (χ0) is 12.4. The molecule has 0 saturated heterocycles. The van der Waals surface area contributed by atoms with Crippen molar-refractivity contribution in [2.24, 2.45) is 0 Å². The minimum absolute atomic E-state index is 0.181. The highest BCUT2D eigenvalue weighted by Gasteiger charge is 2.05. The summed E-state index contributed by atoms with van der Waals surface area (Å²) in [6.45, 7) is 0. The second-order valence-corrected chi connectivity index (χ2v) is 3.93. The summed E-state index contributed by atoms with van der Waals surface area (Å²) in [6, 6.07) is 9.58. The smallest absolute Gasteiger partial charge is 0.125 e. The van der Waals surface area contributed by atoms with Crippen molar-refractivity contribution in [1.82, 2.24) is 0 Å². The third kappa shape index (κ3) is 2.61.